The van der Waals surface area contributed by atoms with Crippen LogP contribution in [0.4, 0.5) is 0 Å². The Morgan fingerprint density at radius 1 is 1.21 bits per heavy atom. The maximum Gasteiger partial charge on any atom is 0.253 e. The SMILES string of the molecule is Cc1[nH]c2c(C(=O)N[C@H](C)CN3CCCCCC3)cccc2c1C. The van der Waals surface area contributed by atoms with Crippen LogP contribution in [-0.4, -0.2) is 41.5 Å². The number of carbonyl (C=O) groups is 1. The molecule has 0 radical (unpaired) electrons. The lowest BCUT2D eigenvalue weighted by molar-refractivity contribution is 0.0931. The van der Waals surface area contributed by atoms with Gasteiger partial charge in [0.2, 0.25) is 0 Å². The molecule has 0 unspecified atom stereocenters. The molecule has 4 heteroatoms. The van der Waals surface area contributed by atoms with Gasteiger partial charge in [-0.05, 0) is 58.3 Å². The fraction of sp³-hybridized carbons (Fsp3) is 0.550. The minimum absolute atomic E-state index is 0.0178. The van der Waals surface area contributed by atoms with Crippen molar-refractivity contribution in [2.24, 2.45) is 0 Å². The molecule has 3 rings (SSSR count). The van der Waals surface area contributed by atoms with E-state index in [2.05, 4.69) is 42.0 Å². The number of likely N-dealkylation sites (tertiary alicyclic amines) is 1. The zero-order valence-electron chi connectivity index (χ0n) is 15.1. The number of para-hydroxylation sites is 1. The van der Waals surface area contributed by atoms with Crippen molar-refractivity contribution in [3.8, 4) is 0 Å². The Kier molecular flexibility index (Phi) is 5.24. The molecule has 130 valence electrons. The first-order valence-electron chi connectivity index (χ1n) is 9.17. The van der Waals surface area contributed by atoms with Gasteiger partial charge in [-0.2, -0.15) is 0 Å². The smallest absolute Gasteiger partial charge is 0.253 e. The van der Waals surface area contributed by atoms with E-state index in [1.807, 2.05) is 12.1 Å². The molecule has 2 N–H and O–H groups in total. The number of aromatic amines is 1. The summed E-state index contributed by atoms with van der Waals surface area (Å²) in [6.07, 6.45) is 5.23. The van der Waals surface area contributed by atoms with Crippen LogP contribution in [0.25, 0.3) is 10.9 Å². The van der Waals surface area contributed by atoms with Gasteiger partial charge in [-0.3, -0.25) is 4.79 Å². The van der Waals surface area contributed by atoms with Crippen molar-refractivity contribution in [2.45, 2.75) is 52.5 Å². The maximum absolute atomic E-state index is 12.7. The van der Waals surface area contributed by atoms with Gasteiger partial charge in [0.25, 0.3) is 5.91 Å². The highest BCUT2D eigenvalue weighted by molar-refractivity contribution is 6.06. The van der Waals surface area contributed by atoms with Gasteiger partial charge in [0, 0.05) is 23.7 Å². The second kappa shape index (κ2) is 7.39. The van der Waals surface area contributed by atoms with Gasteiger partial charge in [-0.25, -0.2) is 0 Å². The molecular formula is C20H29N3O. The number of fused-ring (bicyclic) bond motifs is 1. The van der Waals surface area contributed by atoms with E-state index >= 15 is 0 Å². The van der Waals surface area contributed by atoms with Crippen LogP contribution in [0.2, 0.25) is 0 Å². The van der Waals surface area contributed by atoms with E-state index in [-0.39, 0.29) is 11.9 Å². The Labute approximate surface area is 144 Å². The van der Waals surface area contributed by atoms with Crippen molar-refractivity contribution in [2.75, 3.05) is 19.6 Å². The largest absolute Gasteiger partial charge is 0.358 e. The summed E-state index contributed by atoms with van der Waals surface area (Å²) in [4.78, 5) is 18.6. The molecule has 2 aromatic rings. The van der Waals surface area contributed by atoms with E-state index in [1.165, 1.54) is 31.2 Å². The normalized spacial score (nSPS) is 17.6. The van der Waals surface area contributed by atoms with Gasteiger partial charge in [0.05, 0.1) is 11.1 Å². The predicted octanol–water partition coefficient (Wildman–Crippen LogP) is 3.78. The maximum atomic E-state index is 12.7. The van der Waals surface area contributed by atoms with Crippen molar-refractivity contribution in [1.29, 1.82) is 0 Å². The number of benzene rings is 1. The Hall–Kier alpha value is -1.81. The van der Waals surface area contributed by atoms with Crippen LogP contribution < -0.4 is 5.32 Å². The molecule has 0 bridgehead atoms. The number of aryl methyl sites for hydroxylation is 2. The van der Waals surface area contributed by atoms with Crippen LogP contribution in [0.5, 0.6) is 0 Å². The van der Waals surface area contributed by atoms with Crippen molar-refractivity contribution in [3.63, 3.8) is 0 Å². The minimum Gasteiger partial charge on any atom is -0.358 e. The van der Waals surface area contributed by atoms with Crippen LogP contribution in [0, 0.1) is 13.8 Å². The lowest BCUT2D eigenvalue weighted by atomic mass is 10.1. The number of nitrogens with zero attached hydrogens (tertiary/aromatic N) is 1. The molecule has 2 heterocycles. The molecule has 4 nitrogen and oxygen atoms in total. The molecule has 1 aromatic heterocycles. The van der Waals surface area contributed by atoms with Gasteiger partial charge < -0.3 is 15.2 Å². The highest BCUT2D eigenvalue weighted by Crippen LogP contribution is 2.24. The number of hydrogen-bond acceptors (Lipinski definition) is 2. The topological polar surface area (TPSA) is 48.1 Å². The average molecular weight is 327 g/mol. The van der Waals surface area contributed by atoms with E-state index in [0.717, 1.165) is 41.8 Å². The highest BCUT2D eigenvalue weighted by Gasteiger charge is 2.18. The fourth-order valence-corrected chi connectivity index (χ4v) is 3.73. The lowest BCUT2D eigenvalue weighted by Gasteiger charge is -2.24. The van der Waals surface area contributed by atoms with Crippen molar-refractivity contribution < 1.29 is 4.79 Å². The van der Waals surface area contributed by atoms with E-state index in [1.54, 1.807) is 0 Å². The third-order valence-electron chi connectivity index (χ3n) is 5.20. The van der Waals surface area contributed by atoms with Gasteiger partial charge in [-0.1, -0.05) is 25.0 Å². The molecule has 1 amide bonds. The number of carbonyl (C=O) groups excluding carboxylic acids is 1. The molecule has 1 fully saturated rings. The Morgan fingerprint density at radius 2 is 1.92 bits per heavy atom. The van der Waals surface area contributed by atoms with Gasteiger partial charge >= 0.3 is 0 Å². The quantitative estimate of drug-likeness (QED) is 0.898. The van der Waals surface area contributed by atoms with Crippen LogP contribution in [0.3, 0.4) is 0 Å². The summed E-state index contributed by atoms with van der Waals surface area (Å²) in [6, 6.07) is 6.11. The summed E-state index contributed by atoms with van der Waals surface area (Å²) in [6.45, 7) is 9.51. The Morgan fingerprint density at radius 3 is 2.62 bits per heavy atom. The number of aromatic nitrogens is 1. The van der Waals surface area contributed by atoms with E-state index in [0.29, 0.717) is 0 Å². The summed E-state index contributed by atoms with van der Waals surface area (Å²) in [5.41, 5.74) is 4.04. The first kappa shape index (κ1) is 17.0. The molecule has 24 heavy (non-hydrogen) atoms. The summed E-state index contributed by atoms with van der Waals surface area (Å²) < 4.78 is 0. The third-order valence-corrected chi connectivity index (χ3v) is 5.20. The molecular weight excluding hydrogens is 298 g/mol. The first-order chi connectivity index (χ1) is 11.6. The monoisotopic (exact) mass is 327 g/mol. The third kappa shape index (κ3) is 3.64. The fourth-order valence-electron chi connectivity index (χ4n) is 3.73. The van der Waals surface area contributed by atoms with Crippen molar-refractivity contribution in [3.05, 3.63) is 35.0 Å². The standard InChI is InChI=1S/C20H29N3O/c1-14(13-23-11-6-4-5-7-12-23)21-20(24)18-10-8-9-17-15(2)16(3)22-19(17)18/h8-10,14,22H,4-7,11-13H2,1-3H3,(H,21,24)/t14-/m1/s1. The van der Waals surface area contributed by atoms with Gasteiger partial charge in [0.1, 0.15) is 0 Å². The highest BCUT2D eigenvalue weighted by atomic mass is 16.1. The van der Waals surface area contributed by atoms with Crippen LogP contribution >= 0.6 is 0 Å². The number of nitrogens with one attached hydrogen (secondary N) is 2. The zero-order chi connectivity index (χ0) is 17.1. The van der Waals surface area contributed by atoms with Crippen molar-refractivity contribution >= 4 is 16.8 Å². The second-order valence-corrected chi connectivity index (χ2v) is 7.19. The number of H-pyrrole nitrogens is 1. The summed E-state index contributed by atoms with van der Waals surface area (Å²) in [5, 5.41) is 4.32. The summed E-state index contributed by atoms with van der Waals surface area (Å²) in [7, 11) is 0. The van der Waals surface area contributed by atoms with E-state index in [4.69, 9.17) is 0 Å². The first-order valence-corrected chi connectivity index (χ1v) is 9.17. The summed E-state index contributed by atoms with van der Waals surface area (Å²) >= 11 is 0. The Bertz CT molecular complexity index is 711. The van der Waals surface area contributed by atoms with E-state index in [9.17, 15) is 4.79 Å². The van der Waals surface area contributed by atoms with Crippen LogP contribution in [-0.2, 0) is 0 Å². The average Bonchev–Trinajstić information content (AvgIpc) is 2.73. The van der Waals surface area contributed by atoms with E-state index < -0.39 is 0 Å². The number of rotatable bonds is 4. The molecule has 1 saturated heterocycles. The minimum atomic E-state index is 0.0178. The number of amides is 1. The summed E-state index contributed by atoms with van der Waals surface area (Å²) in [5.74, 6) is 0.0178. The molecule has 0 spiro atoms. The van der Waals surface area contributed by atoms with Gasteiger partial charge in [0.15, 0.2) is 0 Å². The second-order valence-electron chi connectivity index (χ2n) is 7.19. The molecule has 1 aliphatic heterocycles. The Balaban J connectivity index is 1.69. The lowest BCUT2D eigenvalue weighted by Crippen LogP contribution is -2.42. The van der Waals surface area contributed by atoms with Crippen LogP contribution in [0.15, 0.2) is 18.2 Å². The molecule has 0 aliphatic carbocycles. The molecule has 1 aliphatic rings. The van der Waals surface area contributed by atoms with Gasteiger partial charge in [-0.15, -0.1) is 0 Å². The molecule has 1 aromatic carbocycles. The zero-order valence-corrected chi connectivity index (χ0v) is 15.1. The molecule has 0 saturated carbocycles. The molecule has 1 atom stereocenters. The number of hydrogen-bond donors (Lipinski definition) is 2. The predicted molar refractivity (Wildman–Crippen MR) is 99.6 cm³/mol. The van der Waals surface area contributed by atoms with Crippen LogP contribution in [0.1, 0.15) is 54.2 Å². The van der Waals surface area contributed by atoms with Crippen molar-refractivity contribution in [1.82, 2.24) is 15.2 Å².